The standard InChI is InChI=1S/C20H22O5/c1-12-5-4-6-13(2)10-17(25-20(22)15-7-8-23-11-15)18-14(3)19(21)24-16(18)9-12/h6-9,11,16-18H,3-5,10H2,1-2H3/b12-9-,13-6-/t16-,17-,18+/m1/s1. The van der Waals surface area contributed by atoms with Crippen LogP contribution in [0.4, 0.5) is 0 Å². The van der Waals surface area contributed by atoms with E-state index in [-0.39, 0.29) is 5.92 Å². The van der Waals surface area contributed by atoms with Crippen LogP contribution in [-0.2, 0) is 14.3 Å². The highest BCUT2D eigenvalue weighted by Gasteiger charge is 2.44. The molecule has 0 radical (unpaired) electrons. The van der Waals surface area contributed by atoms with Crippen LogP contribution in [-0.4, -0.2) is 24.1 Å². The largest absolute Gasteiger partial charge is 0.472 e. The molecule has 0 amide bonds. The number of carbonyl (C=O) groups is 2. The molecule has 0 N–H and O–H groups in total. The Morgan fingerprint density at radius 1 is 1.32 bits per heavy atom. The molecular formula is C20H22O5. The van der Waals surface area contributed by atoms with Gasteiger partial charge in [-0.25, -0.2) is 9.59 Å². The third-order valence-corrected chi connectivity index (χ3v) is 4.68. The van der Waals surface area contributed by atoms with Gasteiger partial charge in [-0.1, -0.05) is 23.8 Å². The predicted molar refractivity (Wildman–Crippen MR) is 91.8 cm³/mol. The van der Waals surface area contributed by atoms with E-state index in [1.807, 2.05) is 19.9 Å². The van der Waals surface area contributed by atoms with Crippen molar-refractivity contribution in [3.63, 3.8) is 0 Å². The van der Waals surface area contributed by atoms with Crippen molar-refractivity contribution in [1.29, 1.82) is 0 Å². The summed E-state index contributed by atoms with van der Waals surface area (Å²) < 4.78 is 16.2. The lowest BCUT2D eigenvalue weighted by Gasteiger charge is -2.27. The molecule has 5 nitrogen and oxygen atoms in total. The van der Waals surface area contributed by atoms with E-state index in [0.29, 0.717) is 17.6 Å². The van der Waals surface area contributed by atoms with Gasteiger partial charge in [0, 0.05) is 12.0 Å². The summed E-state index contributed by atoms with van der Waals surface area (Å²) in [5, 5.41) is 0. The van der Waals surface area contributed by atoms with Gasteiger partial charge in [0.1, 0.15) is 18.5 Å². The van der Waals surface area contributed by atoms with Crippen LogP contribution < -0.4 is 0 Å². The lowest BCUT2D eigenvalue weighted by atomic mass is 9.85. The van der Waals surface area contributed by atoms with Gasteiger partial charge >= 0.3 is 11.9 Å². The van der Waals surface area contributed by atoms with Gasteiger partial charge in [-0.15, -0.1) is 0 Å². The van der Waals surface area contributed by atoms with Gasteiger partial charge in [0.15, 0.2) is 0 Å². The average molecular weight is 342 g/mol. The van der Waals surface area contributed by atoms with Gasteiger partial charge < -0.3 is 13.9 Å². The fraction of sp³-hybridized carbons (Fsp3) is 0.400. The Bertz CT molecular complexity index is 738. The monoisotopic (exact) mass is 342 g/mol. The maximum Gasteiger partial charge on any atom is 0.341 e. The summed E-state index contributed by atoms with van der Waals surface area (Å²) in [5.74, 6) is -1.29. The van der Waals surface area contributed by atoms with E-state index in [4.69, 9.17) is 13.9 Å². The van der Waals surface area contributed by atoms with E-state index in [1.54, 1.807) is 6.07 Å². The Hall–Kier alpha value is -2.56. The van der Waals surface area contributed by atoms with Crippen molar-refractivity contribution >= 4 is 11.9 Å². The van der Waals surface area contributed by atoms with Crippen LogP contribution in [0, 0.1) is 5.92 Å². The molecular weight excluding hydrogens is 320 g/mol. The zero-order valence-electron chi connectivity index (χ0n) is 14.5. The Morgan fingerprint density at radius 3 is 2.84 bits per heavy atom. The van der Waals surface area contributed by atoms with E-state index in [1.165, 1.54) is 12.5 Å². The van der Waals surface area contributed by atoms with Crippen molar-refractivity contribution in [2.45, 2.75) is 45.3 Å². The smallest absolute Gasteiger partial charge is 0.341 e. The molecule has 0 unspecified atom stereocenters. The average Bonchev–Trinajstić information content (AvgIpc) is 3.16. The van der Waals surface area contributed by atoms with Crippen LogP contribution in [0.15, 0.2) is 58.5 Å². The van der Waals surface area contributed by atoms with Crippen LogP contribution in [0.5, 0.6) is 0 Å². The predicted octanol–water partition coefficient (Wildman–Crippen LogP) is 3.98. The summed E-state index contributed by atoms with van der Waals surface area (Å²) in [6.07, 6.45) is 8.24. The normalized spacial score (nSPS) is 31.2. The summed E-state index contributed by atoms with van der Waals surface area (Å²) in [6, 6.07) is 1.55. The number of ether oxygens (including phenoxy) is 2. The zero-order valence-corrected chi connectivity index (χ0v) is 14.5. The molecule has 0 spiro atoms. The van der Waals surface area contributed by atoms with Crippen molar-refractivity contribution in [3.8, 4) is 0 Å². The SMILES string of the molecule is C=C1C(=O)O[C@@H]2/C=C(/C)CC/C=C(/C)C[C@@H](OC(=O)c3ccoc3)[C@@H]12. The number of hydrogen-bond acceptors (Lipinski definition) is 5. The first-order chi connectivity index (χ1) is 12.0. The van der Waals surface area contributed by atoms with Gasteiger partial charge in [-0.05, 0) is 38.8 Å². The second-order valence-corrected chi connectivity index (χ2v) is 6.68. The number of esters is 2. The molecule has 1 aromatic rings. The summed E-state index contributed by atoms with van der Waals surface area (Å²) in [7, 11) is 0. The lowest BCUT2D eigenvalue weighted by molar-refractivity contribution is -0.137. The molecule has 132 valence electrons. The Labute approximate surface area is 147 Å². The molecule has 1 fully saturated rings. The molecule has 3 atom stereocenters. The summed E-state index contributed by atoms with van der Waals surface area (Å²) in [4.78, 5) is 24.5. The number of rotatable bonds is 2. The van der Waals surface area contributed by atoms with Gasteiger partial charge in [0.05, 0.1) is 17.7 Å². The third kappa shape index (κ3) is 3.76. The lowest BCUT2D eigenvalue weighted by Crippen LogP contribution is -2.33. The number of furan rings is 1. The zero-order chi connectivity index (χ0) is 18.0. The molecule has 2 aliphatic rings. The number of allylic oxidation sites excluding steroid dienone is 2. The maximum atomic E-state index is 12.4. The molecule has 1 aliphatic heterocycles. The van der Waals surface area contributed by atoms with Crippen molar-refractivity contribution in [2.75, 3.05) is 0 Å². The van der Waals surface area contributed by atoms with Crippen LogP contribution in [0.1, 0.15) is 43.5 Å². The van der Waals surface area contributed by atoms with E-state index < -0.39 is 24.1 Å². The van der Waals surface area contributed by atoms with Crippen molar-refractivity contribution in [1.82, 2.24) is 0 Å². The molecule has 1 aliphatic carbocycles. The van der Waals surface area contributed by atoms with Crippen LogP contribution in [0.25, 0.3) is 0 Å². The minimum atomic E-state index is -0.523. The molecule has 1 saturated heterocycles. The number of carbonyl (C=O) groups excluding carboxylic acids is 2. The highest BCUT2D eigenvalue weighted by molar-refractivity contribution is 5.92. The first-order valence-corrected chi connectivity index (χ1v) is 8.41. The summed E-state index contributed by atoms with van der Waals surface area (Å²) in [6.45, 7) is 7.91. The molecule has 0 saturated carbocycles. The van der Waals surface area contributed by atoms with Gasteiger partial charge in [0.25, 0.3) is 0 Å². The van der Waals surface area contributed by atoms with Gasteiger partial charge in [-0.3, -0.25) is 0 Å². The van der Waals surface area contributed by atoms with Gasteiger partial charge in [-0.2, -0.15) is 0 Å². The van der Waals surface area contributed by atoms with E-state index in [2.05, 4.69) is 12.7 Å². The van der Waals surface area contributed by atoms with Crippen LogP contribution in [0.3, 0.4) is 0 Å². The molecule has 1 aromatic heterocycles. The van der Waals surface area contributed by atoms with Crippen molar-refractivity contribution < 1.29 is 23.5 Å². The quantitative estimate of drug-likeness (QED) is 0.462. The molecule has 2 heterocycles. The molecule has 5 heteroatoms. The number of fused-ring (bicyclic) bond motifs is 1. The third-order valence-electron chi connectivity index (χ3n) is 4.68. The van der Waals surface area contributed by atoms with Crippen molar-refractivity contribution in [3.05, 3.63) is 59.6 Å². The first kappa shape index (κ1) is 17.3. The van der Waals surface area contributed by atoms with E-state index in [0.717, 1.165) is 24.0 Å². The molecule has 3 rings (SSSR count). The second kappa shape index (κ2) is 7.13. The summed E-state index contributed by atoms with van der Waals surface area (Å²) in [5.41, 5.74) is 2.96. The van der Waals surface area contributed by atoms with E-state index in [9.17, 15) is 9.59 Å². The minimum Gasteiger partial charge on any atom is -0.472 e. The van der Waals surface area contributed by atoms with Crippen LogP contribution in [0.2, 0.25) is 0 Å². The highest BCUT2D eigenvalue weighted by atomic mass is 16.6. The Morgan fingerprint density at radius 2 is 2.12 bits per heavy atom. The molecule has 25 heavy (non-hydrogen) atoms. The van der Waals surface area contributed by atoms with E-state index >= 15 is 0 Å². The minimum absolute atomic E-state index is 0.345. The second-order valence-electron chi connectivity index (χ2n) is 6.68. The molecule has 0 bridgehead atoms. The fourth-order valence-corrected chi connectivity index (χ4v) is 3.32. The Balaban J connectivity index is 1.93. The number of hydrogen-bond donors (Lipinski definition) is 0. The molecule has 0 aromatic carbocycles. The first-order valence-electron chi connectivity index (χ1n) is 8.41. The topological polar surface area (TPSA) is 65.7 Å². The fourth-order valence-electron chi connectivity index (χ4n) is 3.32. The summed E-state index contributed by atoms with van der Waals surface area (Å²) >= 11 is 0. The Kier molecular flexibility index (Phi) is 4.93. The van der Waals surface area contributed by atoms with Gasteiger partial charge in [0.2, 0.25) is 0 Å². The highest BCUT2D eigenvalue weighted by Crippen LogP contribution is 2.36. The van der Waals surface area contributed by atoms with Crippen LogP contribution >= 0.6 is 0 Å². The van der Waals surface area contributed by atoms with Crippen molar-refractivity contribution in [2.24, 2.45) is 5.92 Å². The maximum absolute atomic E-state index is 12.4.